The number of aliphatic hydroxyl groups is 1. The molecule has 0 spiro atoms. The van der Waals surface area contributed by atoms with Crippen LogP contribution in [-0.2, 0) is 9.53 Å². The Morgan fingerprint density at radius 2 is 1.84 bits per heavy atom. The SMILES string of the molecule is CC(=O)OC/C=C(\C)CC[C@@H]1[C@@]2(C)CCCC(C)(C)[C@H]2CC[C@]1(C)O. The van der Waals surface area contributed by atoms with Crippen LogP contribution in [0.4, 0.5) is 0 Å². The summed E-state index contributed by atoms with van der Waals surface area (Å²) in [5, 5.41) is 11.2. The molecule has 0 radical (unpaired) electrons. The Bertz CT molecular complexity index is 517. The average molecular weight is 351 g/mol. The smallest absolute Gasteiger partial charge is 0.302 e. The highest BCUT2D eigenvalue weighted by atomic mass is 16.5. The number of hydrogen-bond acceptors (Lipinski definition) is 3. The Morgan fingerprint density at radius 1 is 1.16 bits per heavy atom. The van der Waals surface area contributed by atoms with E-state index in [1.165, 1.54) is 31.8 Å². The van der Waals surface area contributed by atoms with Crippen LogP contribution in [0, 0.1) is 22.7 Å². The number of fused-ring (bicyclic) bond motifs is 1. The van der Waals surface area contributed by atoms with Gasteiger partial charge in [0.1, 0.15) is 6.61 Å². The Balaban J connectivity index is 2.11. The predicted molar refractivity (Wildman–Crippen MR) is 102 cm³/mol. The first-order valence-corrected chi connectivity index (χ1v) is 10.0. The van der Waals surface area contributed by atoms with Crippen LogP contribution in [0.3, 0.4) is 0 Å². The molecule has 2 rings (SSSR count). The monoisotopic (exact) mass is 350 g/mol. The van der Waals surface area contributed by atoms with E-state index < -0.39 is 5.60 Å². The molecule has 0 unspecified atom stereocenters. The minimum absolute atomic E-state index is 0.222. The molecule has 3 nitrogen and oxygen atoms in total. The lowest BCUT2D eigenvalue weighted by atomic mass is 9.45. The number of ether oxygens (including phenoxy) is 1. The minimum atomic E-state index is -0.575. The van der Waals surface area contributed by atoms with Crippen LogP contribution in [0.1, 0.15) is 86.5 Å². The zero-order valence-electron chi connectivity index (χ0n) is 17.2. The molecule has 0 aromatic rings. The van der Waals surface area contributed by atoms with Gasteiger partial charge in [-0.3, -0.25) is 4.79 Å². The quantitative estimate of drug-likeness (QED) is 0.543. The van der Waals surface area contributed by atoms with E-state index in [9.17, 15) is 9.90 Å². The van der Waals surface area contributed by atoms with Crippen molar-refractivity contribution in [2.75, 3.05) is 6.61 Å². The molecule has 144 valence electrons. The van der Waals surface area contributed by atoms with Crippen molar-refractivity contribution in [3.63, 3.8) is 0 Å². The molecular weight excluding hydrogens is 312 g/mol. The van der Waals surface area contributed by atoms with Gasteiger partial charge in [-0.05, 0) is 81.1 Å². The van der Waals surface area contributed by atoms with Gasteiger partial charge in [0, 0.05) is 6.92 Å². The van der Waals surface area contributed by atoms with Crippen LogP contribution in [0.15, 0.2) is 11.6 Å². The number of carbonyl (C=O) groups is 1. The molecule has 0 aromatic carbocycles. The normalized spacial score (nSPS) is 38.1. The standard InChI is InChI=1S/C22H38O3/c1-16(11-15-25-17(2)23)8-9-19-21(5)13-7-12-20(3,4)18(21)10-14-22(19,6)24/h11,18-19,24H,7-10,12-15H2,1-6H3/b16-11+/t18-,19-,21+,22+/m1/s1. The number of esters is 1. The molecule has 1 N–H and O–H groups in total. The zero-order chi connectivity index (χ0) is 18.9. The average Bonchev–Trinajstić information content (AvgIpc) is 2.44. The Morgan fingerprint density at radius 3 is 2.48 bits per heavy atom. The summed E-state index contributed by atoms with van der Waals surface area (Å²) >= 11 is 0. The van der Waals surface area contributed by atoms with E-state index >= 15 is 0 Å². The van der Waals surface area contributed by atoms with Gasteiger partial charge in [0.25, 0.3) is 0 Å². The molecule has 0 saturated heterocycles. The molecule has 2 fully saturated rings. The third-order valence-electron chi connectivity index (χ3n) is 7.31. The highest BCUT2D eigenvalue weighted by Gasteiger charge is 2.57. The van der Waals surface area contributed by atoms with Gasteiger partial charge in [0.2, 0.25) is 0 Å². The number of allylic oxidation sites excluding steroid dienone is 1. The van der Waals surface area contributed by atoms with Gasteiger partial charge in [0.05, 0.1) is 5.60 Å². The predicted octanol–water partition coefficient (Wildman–Crippen LogP) is 5.27. The third kappa shape index (κ3) is 4.48. The molecular formula is C22H38O3. The Kier molecular flexibility index (Phi) is 6.08. The van der Waals surface area contributed by atoms with Crippen LogP contribution in [-0.4, -0.2) is 23.3 Å². The lowest BCUT2D eigenvalue weighted by Gasteiger charge is -2.61. The molecule has 0 amide bonds. The van der Waals surface area contributed by atoms with E-state index in [1.54, 1.807) is 0 Å². The van der Waals surface area contributed by atoms with Gasteiger partial charge in [-0.15, -0.1) is 0 Å². The first kappa shape index (κ1) is 20.5. The van der Waals surface area contributed by atoms with Crippen LogP contribution in [0.25, 0.3) is 0 Å². The fourth-order valence-electron chi connectivity index (χ4n) is 6.04. The van der Waals surface area contributed by atoms with Gasteiger partial charge in [-0.25, -0.2) is 0 Å². The molecule has 0 aromatic heterocycles. The van der Waals surface area contributed by atoms with Gasteiger partial charge in [-0.2, -0.15) is 0 Å². The minimum Gasteiger partial charge on any atom is -0.462 e. The van der Waals surface area contributed by atoms with Crippen molar-refractivity contribution in [1.82, 2.24) is 0 Å². The van der Waals surface area contributed by atoms with Gasteiger partial charge >= 0.3 is 5.97 Å². The van der Waals surface area contributed by atoms with Crippen LogP contribution in [0.5, 0.6) is 0 Å². The molecule has 0 aliphatic heterocycles. The summed E-state index contributed by atoms with van der Waals surface area (Å²) in [4.78, 5) is 10.9. The van der Waals surface area contributed by atoms with E-state index in [0.717, 1.165) is 25.7 Å². The second-order valence-corrected chi connectivity index (χ2v) is 9.74. The maximum absolute atomic E-state index is 11.2. The summed E-state index contributed by atoms with van der Waals surface area (Å²) in [6.45, 7) is 13.2. The fraction of sp³-hybridized carbons (Fsp3) is 0.864. The number of carbonyl (C=O) groups excluding carboxylic acids is 1. The molecule has 0 bridgehead atoms. The van der Waals surface area contributed by atoms with Gasteiger partial charge < -0.3 is 9.84 Å². The van der Waals surface area contributed by atoms with Crippen molar-refractivity contribution >= 4 is 5.97 Å². The van der Waals surface area contributed by atoms with E-state index in [1.807, 2.05) is 6.08 Å². The Labute approximate surface area is 154 Å². The van der Waals surface area contributed by atoms with E-state index in [4.69, 9.17) is 4.74 Å². The van der Waals surface area contributed by atoms with Gasteiger partial charge in [-0.1, -0.05) is 32.8 Å². The lowest BCUT2D eigenvalue weighted by molar-refractivity contribution is -0.168. The first-order chi connectivity index (χ1) is 11.5. The van der Waals surface area contributed by atoms with E-state index in [2.05, 4.69) is 34.6 Å². The molecule has 4 atom stereocenters. The third-order valence-corrected chi connectivity index (χ3v) is 7.31. The van der Waals surface area contributed by atoms with Crippen molar-refractivity contribution in [3.8, 4) is 0 Å². The summed E-state index contributed by atoms with van der Waals surface area (Å²) < 4.78 is 5.01. The van der Waals surface area contributed by atoms with Crippen molar-refractivity contribution in [2.45, 2.75) is 92.1 Å². The molecule has 3 heteroatoms. The molecule has 2 aliphatic carbocycles. The van der Waals surface area contributed by atoms with Crippen molar-refractivity contribution in [1.29, 1.82) is 0 Å². The summed E-state index contributed by atoms with van der Waals surface area (Å²) in [6, 6.07) is 0. The lowest BCUT2D eigenvalue weighted by Crippen LogP contribution is -2.57. The second-order valence-electron chi connectivity index (χ2n) is 9.74. The molecule has 2 saturated carbocycles. The van der Waals surface area contributed by atoms with Gasteiger partial charge in [0.15, 0.2) is 0 Å². The molecule has 0 heterocycles. The highest BCUT2D eigenvalue weighted by molar-refractivity contribution is 5.66. The molecule has 25 heavy (non-hydrogen) atoms. The van der Waals surface area contributed by atoms with Crippen LogP contribution < -0.4 is 0 Å². The van der Waals surface area contributed by atoms with Crippen molar-refractivity contribution < 1.29 is 14.6 Å². The zero-order valence-corrected chi connectivity index (χ0v) is 17.2. The maximum Gasteiger partial charge on any atom is 0.302 e. The van der Waals surface area contributed by atoms with E-state index in [0.29, 0.717) is 23.9 Å². The maximum atomic E-state index is 11.2. The first-order valence-electron chi connectivity index (χ1n) is 10.0. The molecule has 2 aliphatic rings. The number of rotatable bonds is 5. The topological polar surface area (TPSA) is 46.5 Å². The highest BCUT2D eigenvalue weighted by Crippen LogP contribution is 2.62. The number of hydrogen-bond donors (Lipinski definition) is 1. The summed E-state index contributed by atoms with van der Waals surface area (Å²) in [6.07, 6.45) is 9.86. The summed E-state index contributed by atoms with van der Waals surface area (Å²) in [7, 11) is 0. The Hall–Kier alpha value is -0.830. The summed E-state index contributed by atoms with van der Waals surface area (Å²) in [5.41, 5.74) is 1.27. The van der Waals surface area contributed by atoms with Crippen molar-refractivity contribution in [3.05, 3.63) is 11.6 Å². The van der Waals surface area contributed by atoms with Crippen LogP contribution in [0.2, 0.25) is 0 Å². The summed E-state index contributed by atoms with van der Waals surface area (Å²) in [5.74, 6) is 0.791. The van der Waals surface area contributed by atoms with Crippen LogP contribution >= 0.6 is 0 Å². The fourth-order valence-corrected chi connectivity index (χ4v) is 6.04. The second kappa shape index (κ2) is 7.42. The largest absolute Gasteiger partial charge is 0.462 e. The van der Waals surface area contributed by atoms with E-state index in [-0.39, 0.29) is 11.4 Å². The van der Waals surface area contributed by atoms with Crippen molar-refractivity contribution in [2.24, 2.45) is 22.7 Å².